The molecule has 112 valence electrons. The zero-order valence-electron chi connectivity index (χ0n) is 11.5. The lowest BCUT2D eigenvalue weighted by molar-refractivity contribution is -0.139. The summed E-state index contributed by atoms with van der Waals surface area (Å²) in [5, 5.41) is 0.371. The van der Waals surface area contributed by atoms with Crippen molar-refractivity contribution in [2.24, 2.45) is 0 Å². The van der Waals surface area contributed by atoms with Gasteiger partial charge >= 0.3 is 0 Å². The molecule has 2 saturated heterocycles. The molecule has 0 saturated carbocycles. The maximum Gasteiger partial charge on any atom is 0.249 e. The number of rotatable bonds is 1. The van der Waals surface area contributed by atoms with Gasteiger partial charge in [-0.1, -0.05) is 11.6 Å². The summed E-state index contributed by atoms with van der Waals surface area (Å²) in [6.07, 6.45) is 2.69. The maximum atomic E-state index is 14.0. The van der Waals surface area contributed by atoms with Crippen molar-refractivity contribution in [3.63, 3.8) is 0 Å². The number of piperidine rings is 1. The molecule has 2 amide bonds. The molecule has 0 N–H and O–H groups in total. The molecule has 2 aliphatic heterocycles. The molecule has 2 heterocycles. The second kappa shape index (κ2) is 5.64. The van der Waals surface area contributed by atoms with E-state index in [1.807, 2.05) is 0 Å². The second-order valence-corrected chi connectivity index (χ2v) is 5.87. The van der Waals surface area contributed by atoms with Crippen LogP contribution in [0.5, 0.6) is 0 Å². The van der Waals surface area contributed by atoms with Gasteiger partial charge in [-0.15, -0.1) is 0 Å². The normalized spacial score (nSPS) is 23.0. The van der Waals surface area contributed by atoms with Crippen LogP contribution in [0, 0.1) is 5.82 Å². The van der Waals surface area contributed by atoms with Crippen molar-refractivity contribution in [3.05, 3.63) is 29.0 Å². The Bertz CT molecular complexity index is 593. The minimum atomic E-state index is -0.496. The fourth-order valence-electron chi connectivity index (χ4n) is 3.06. The second-order valence-electron chi connectivity index (χ2n) is 5.43. The van der Waals surface area contributed by atoms with Crippen LogP contribution in [-0.4, -0.2) is 35.8 Å². The molecule has 1 aromatic rings. The molecular weight excluding hydrogens is 295 g/mol. The summed E-state index contributed by atoms with van der Waals surface area (Å²) < 4.78 is 14.0. The van der Waals surface area contributed by atoms with Gasteiger partial charge in [0.15, 0.2) is 0 Å². The average Bonchev–Trinajstić information content (AvgIpc) is 2.61. The molecule has 1 unspecified atom stereocenters. The third kappa shape index (κ3) is 2.62. The van der Waals surface area contributed by atoms with Crippen molar-refractivity contribution in [3.8, 4) is 0 Å². The van der Waals surface area contributed by atoms with Crippen LogP contribution in [0.15, 0.2) is 18.2 Å². The Morgan fingerprint density at radius 1 is 1.19 bits per heavy atom. The fraction of sp³-hybridized carbons (Fsp3) is 0.467. The van der Waals surface area contributed by atoms with Gasteiger partial charge in [-0.2, -0.15) is 0 Å². The molecule has 0 aromatic heterocycles. The number of fused-ring (bicyclic) bond motifs is 1. The number of hydrogen-bond donors (Lipinski definition) is 0. The van der Waals surface area contributed by atoms with Crippen LogP contribution in [0.1, 0.15) is 25.7 Å². The molecule has 1 atom stereocenters. The summed E-state index contributed by atoms with van der Waals surface area (Å²) in [6, 6.07) is 3.67. The Hall–Kier alpha value is -1.62. The first-order valence-electron chi connectivity index (χ1n) is 7.14. The van der Waals surface area contributed by atoms with Gasteiger partial charge in [0.05, 0.1) is 5.69 Å². The van der Waals surface area contributed by atoms with Crippen LogP contribution in [-0.2, 0) is 9.59 Å². The van der Waals surface area contributed by atoms with Crippen molar-refractivity contribution in [2.75, 3.05) is 18.0 Å². The maximum absolute atomic E-state index is 14.0. The van der Waals surface area contributed by atoms with Gasteiger partial charge in [0.2, 0.25) is 11.8 Å². The Morgan fingerprint density at radius 2 is 2.00 bits per heavy atom. The summed E-state index contributed by atoms with van der Waals surface area (Å²) in [4.78, 5) is 27.9. The summed E-state index contributed by atoms with van der Waals surface area (Å²) in [6.45, 7) is 0.809. The molecule has 6 heteroatoms. The number of hydrogen-bond acceptors (Lipinski definition) is 2. The van der Waals surface area contributed by atoms with E-state index >= 15 is 0 Å². The Labute approximate surface area is 127 Å². The lowest BCUT2D eigenvalue weighted by Gasteiger charge is -2.34. The van der Waals surface area contributed by atoms with Gasteiger partial charge in [0.25, 0.3) is 0 Å². The lowest BCUT2D eigenvalue weighted by Crippen LogP contribution is -2.50. The largest absolute Gasteiger partial charge is 0.331 e. The Balaban J connectivity index is 1.97. The number of nitrogens with zero attached hydrogens (tertiary/aromatic N) is 2. The van der Waals surface area contributed by atoms with Crippen LogP contribution in [0.2, 0.25) is 5.02 Å². The number of anilines is 1. The molecule has 0 aliphatic carbocycles. The number of benzene rings is 1. The molecule has 0 bridgehead atoms. The van der Waals surface area contributed by atoms with Gasteiger partial charge in [-0.25, -0.2) is 4.39 Å². The first kappa shape index (κ1) is 14.3. The molecule has 0 spiro atoms. The highest BCUT2D eigenvalue weighted by Crippen LogP contribution is 2.29. The number of amides is 2. The van der Waals surface area contributed by atoms with E-state index in [9.17, 15) is 14.0 Å². The van der Waals surface area contributed by atoms with Gasteiger partial charge in [-0.05, 0) is 37.5 Å². The highest BCUT2D eigenvalue weighted by molar-refractivity contribution is 6.31. The molecule has 21 heavy (non-hydrogen) atoms. The minimum absolute atomic E-state index is 0.0296. The number of carbonyl (C=O) groups excluding carboxylic acids is 2. The summed E-state index contributed by atoms with van der Waals surface area (Å²) in [5.74, 6) is -0.732. The average molecular weight is 311 g/mol. The van der Waals surface area contributed by atoms with Crippen molar-refractivity contribution >= 4 is 29.1 Å². The molecule has 3 rings (SSSR count). The van der Waals surface area contributed by atoms with Crippen LogP contribution >= 0.6 is 11.6 Å². The summed E-state index contributed by atoms with van der Waals surface area (Å²) >= 11 is 5.91. The van der Waals surface area contributed by atoms with E-state index in [0.29, 0.717) is 18.0 Å². The zero-order chi connectivity index (χ0) is 15.0. The number of carbonyl (C=O) groups is 2. The van der Waals surface area contributed by atoms with E-state index in [2.05, 4.69) is 0 Å². The van der Waals surface area contributed by atoms with Crippen molar-refractivity contribution < 1.29 is 14.0 Å². The zero-order valence-corrected chi connectivity index (χ0v) is 12.3. The monoisotopic (exact) mass is 310 g/mol. The van der Waals surface area contributed by atoms with Crippen molar-refractivity contribution in [2.45, 2.75) is 31.7 Å². The minimum Gasteiger partial charge on any atom is -0.331 e. The predicted octanol–water partition coefficient (Wildman–Crippen LogP) is 2.60. The van der Waals surface area contributed by atoms with Gasteiger partial charge < -0.3 is 9.80 Å². The first-order chi connectivity index (χ1) is 10.1. The smallest absolute Gasteiger partial charge is 0.249 e. The molecule has 0 radical (unpaired) electrons. The van der Waals surface area contributed by atoms with Crippen LogP contribution in [0.4, 0.5) is 10.1 Å². The highest BCUT2D eigenvalue weighted by atomic mass is 35.5. The van der Waals surface area contributed by atoms with E-state index in [0.717, 1.165) is 12.8 Å². The highest BCUT2D eigenvalue weighted by Gasteiger charge is 2.38. The summed E-state index contributed by atoms with van der Waals surface area (Å²) in [5.41, 5.74) is 0.160. The topological polar surface area (TPSA) is 40.6 Å². The molecule has 2 fully saturated rings. The standard InChI is InChI=1S/C15H16ClFN2O2/c16-10-4-5-11(17)13(9-10)19-8-6-14(20)18-7-2-1-3-12(18)15(19)21/h4-5,9,12H,1-3,6-8H2. The van der Waals surface area contributed by atoms with Crippen LogP contribution < -0.4 is 4.90 Å². The van der Waals surface area contributed by atoms with Crippen molar-refractivity contribution in [1.82, 2.24) is 4.90 Å². The SMILES string of the molecule is O=C1C2CCCCN2C(=O)CCN1c1cc(Cl)ccc1F. The fourth-order valence-corrected chi connectivity index (χ4v) is 3.23. The van der Waals surface area contributed by atoms with E-state index in [-0.39, 0.29) is 30.5 Å². The molecule has 4 nitrogen and oxygen atoms in total. The van der Waals surface area contributed by atoms with E-state index < -0.39 is 11.9 Å². The third-order valence-electron chi connectivity index (χ3n) is 4.12. The third-order valence-corrected chi connectivity index (χ3v) is 4.36. The van der Waals surface area contributed by atoms with Gasteiger partial charge in [-0.3, -0.25) is 9.59 Å². The first-order valence-corrected chi connectivity index (χ1v) is 7.51. The lowest BCUT2D eigenvalue weighted by atomic mass is 10.0. The predicted molar refractivity (Wildman–Crippen MR) is 77.7 cm³/mol. The van der Waals surface area contributed by atoms with Crippen LogP contribution in [0.25, 0.3) is 0 Å². The molecular formula is C15H16ClFN2O2. The Kier molecular flexibility index (Phi) is 3.85. The van der Waals surface area contributed by atoms with Crippen molar-refractivity contribution in [1.29, 1.82) is 0 Å². The number of halogens is 2. The molecule has 1 aromatic carbocycles. The Morgan fingerprint density at radius 3 is 2.81 bits per heavy atom. The quantitative estimate of drug-likeness (QED) is 0.800. The van der Waals surface area contributed by atoms with Gasteiger partial charge in [0.1, 0.15) is 11.9 Å². The van der Waals surface area contributed by atoms with E-state index in [1.54, 1.807) is 4.90 Å². The summed E-state index contributed by atoms with van der Waals surface area (Å²) in [7, 11) is 0. The van der Waals surface area contributed by atoms with Gasteiger partial charge in [0, 0.05) is 24.5 Å². The van der Waals surface area contributed by atoms with E-state index in [4.69, 9.17) is 11.6 Å². The molecule has 2 aliphatic rings. The van der Waals surface area contributed by atoms with Crippen LogP contribution in [0.3, 0.4) is 0 Å². The van der Waals surface area contributed by atoms with E-state index in [1.165, 1.54) is 23.1 Å².